The maximum Gasteiger partial charge on any atom is 0.264 e. The van der Waals surface area contributed by atoms with Gasteiger partial charge in [0.25, 0.3) is 11.5 Å². The summed E-state index contributed by atoms with van der Waals surface area (Å²) in [6.45, 7) is 0. The third kappa shape index (κ3) is 2.22. The number of nitrogens with two attached hydrogens (primary N) is 1. The first kappa shape index (κ1) is 11.5. The van der Waals surface area contributed by atoms with E-state index in [2.05, 4.69) is 4.98 Å². The van der Waals surface area contributed by atoms with Crippen molar-refractivity contribution in [1.82, 2.24) is 4.98 Å². The Labute approximate surface area is 80.3 Å². The second-order valence-corrected chi connectivity index (χ2v) is 2.11. The highest BCUT2D eigenvalue weighted by Gasteiger charge is 2.12. The number of H-pyrrole nitrogens is 1. The molecule has 1 heterocycles. The summed E-state index contributed by atoms with van der Waals surface area (Å²) >= 11 is 0. The van der Waals surface area contributed by atoms with Crippen LogP contribution in [0.25, 0.3) is 0 Å². The van der Waals surface area contributed by atoms with E-state index in [0.717, 1.165) is 0 Å². The van der Waals surface area contributed by atoms with Gasteiger partial charge in [0.05, 0.1) is 7.11 Å². The molecule has 72 valence electrons. The molecule has 0 aliphatic rings. The van der Waals surface area contributed by atoms with Crippen LogP contribution < -0.4 is 16.0 Å². The minimum Gasteiger partial charge on any atom is -0.496 e. The van der Waals surface area contributed by atoms with E-state index in [4.69, 9.17) is 10.5 Å². The van der Waals surface area contributed by atoms with E-state index in [1.807, 2.05) is 0 Å². The summed E-state index contributed by atoms with van der Waals surface area (Å²) in [6, 6.07) is 1.46. The summed E-state index contributed by atoms with van der Waals surface area (Å²) < 4.78 is 4.77. The molecule has 0 unspecified atom stereocenters. The van der Waals surface area contributed by atoms with Crippen LogP contribution in [0, 0.1) is 0 Å². The molecular formula is C7H9ClN2O3. The molecule has 0 spiro atoms. The monoisotopic (exact) mass is 204 g/mol. The van der Waals surface area contributed by atoms with Crippen molar-refractivity contribution >= 4 is 18.3 Å². The molecule has 0 saturated carbocycles. The Morgan fingerprint density at radius 3 is 2.62 bits per heavy atom. The van der Waals surface area contributed by atoms with E-state index in [0.29, 0.717) is 0 Å². The zero-order valence-electron chi connectivity index (χ0n) is 6.87. The molecule has 0 aliphatic heterocycles. The van der Waals surface area contributed by atoms with Crippen LogP contribution in [0.15, 0.2) is 17.1 Å². The summed E-state index contributed by atoms with van der Waals surface area (Å²) in [7, 11) is 1.36. The first-order valence-electron chi connectivity index (χ1n) is 3.22. The molecule has 5 nitrogen and oxygen atoms in total. The number of halogens is 1. The molecule has 0 aromatic carbocycles. The third-order valence-corrected chi connectivity index (χ3v) is 1.39. The quantitative estimate of drug-likeness (QED) is 0.706. The summed E-state index contributed by atoms with van der Waals surface area (Å²) in [4.78, 5) is 24.0. The lowest BCUT2D eigenvalue weighted by atomic mass is 10.2. The van der Waals surface area contributed by atoms with E-state index < -0.39 is 11.5 Å². The van der Waals surface area contributed by atoms with Gasteiger partial charge in [0, 0.05) is 6.20 Å². The lowest BCUT2D eigenvalue weighted by Gasteiger charge is -2.01. The molecule has 1 aromatic rings. The Morgan fingerprint density at radius 2 is 2.23 bits per heavy atom. The van der Waals surface area contributed by atoms with Crippen molar-refractivity contribution in [2.24, 2.45) is 5.73 Å². The fraction of sp³-hybridized carbons (Fsp3) is 0.143. The van der Waals surface area contributed by atoms with Gasteiger partial charge in [-0.15, -0.1) is 12.4 Å². The SMILES string of the molecule is COc1cc[nH]c(=O)c1C(N)=O.Cl. The van der Waals surface area contributed by atoms with E-state index in [1.54, 1.807) is 0 Å². The number of primary amides is 1. The van der Waals surface area contributed by atoms with Gasteiger partial charge in [-0.2, -0.15) is 0 Å². The van der Waals surface area contributed by atoms with Crippen LogP contribution >= 0.6 is 12.4 Å². The number of aromatic amines is 1. The second-order valence-electron chi connectivity index (χ2n) is 2.11. The molecule has 13 heavy (non-hydrogen) atoms. The van der Waals surface area contributed by atoms with Gasteiger partial charge in [0.1, 0.15) is 11.3 Å². The normalized spacial score (nSPS) is 8.69. The van der Waals surface area contributed by atoms with Crippen LogP contribution in [0.5, 0.6) is 5.75 Å². The van der Waals surface area contributed by atoms with E-state index in [9.17, 15) is 9.59 Å². The van der Waals surface area contributed by atoms with Crippen LogP contribution in [0.2, 0.25) is 0 Å². The molecule has 0 fully saturated rings. The Morgan fingerprint density at radius 1 is 1.62 bits per heavy atom. The lowest BCUT2D eigenvalue weighted by molar-refractivity contribution is 0.0996. The van der Waals surface area contributed by atoms with Gasteiger partial charge in [0.15, 0.2) is 0 Å². The summed E-state index contributed by atoms with van der Waals surface area (Å²) in [5.74, 6) is -0.611. The lowest BCUT2D eigenvalue weighted by Crippen LogP contribution is -2.23. The number of carbonyl (C=O) groups is 1. The fourth-order valence-corrected chi connectivity index (χ4v) is 0.864. The van der Waals surface area contributed by atoms with Gasteiger partial charge in [0.2, 0.25) is 0 Å². The molecule has 0 saturated heterocycles. The Balaban J connectivity index is 0.00000144. The standard InChI is InChI=1S/C7H8N2O3.ClH/c1-12-4-2-3-9-7(11)5(4)6(8)10;/h2-3H,1H3,(H2,8,10)(H,9,11);1H. The van der Waals surface area contributed by atoms with Gasteiger partial charge >= 0.3 is 0 Å². The van der Waals surface area contributed by atoms with Crippen LogP contribution in [0.4, 0.5) is 0 Å². The van der Waals surface area contributed by atoms with Crippen molar-refractivity contribution in [2.75, 3.05) is 7.11 Å². The van der Waals surface area contributed by atoms with Crippen LogP contribution in [-0.4, -0.2) is 18.0 Å². The number of pyridine rings is 1. The highest BCUT2D eigenvalue weighted by atomic mass is 35.5. The Hall–Kier alpha value is -1.49. The van der Waals surface area contributed by atoms with E-state index >= 15 is 0 Å². The minimum atomic E-state index is -0.797. The number of ether oxygens (including phenoxy) is 1. The first-order chi connectivity index (χ1) is 5.66. The minimum absolute atomic E-state index is 0. The van der Waals surface area contributed by atoms with Crippen molar-refractivity contribution in [2.45, 2.75) is 0 Å². The molecule has 3 N–H and O–H groups in total. The van der Waals surface area contributed by atoms with Crippen LogP contribution in [0.3, 0.4) is 0 Å². The number of amides is 1. The molecule has 0 radical (unpaired) electrons. The maximum atomic E-state index is 11.0. The number of nitrogens with one attached hydrogen (secondary N) is 1. The van der Waals surface area contributed by atoms with Crippen molar-refractivity contribution in [3.05, 3.63) is 28.2 Å². The van der Waals surface area contributed by atoms with Crippen molar-refractivity contribution in [1.29, 1.82) is 0 Å². The summed E-state index contributed by atoms with van der Waals surface area (Å²) in [5, 5.41) is 0. The van der Waals surface area contributed by atoms with Gasteiger partial charge in [-0.3, -0.25) is 9.59 Å². The molecule has 0 atom stereocenters. The zero-order valence-corrected chi connectivity index (χ0v) is 7.68. The summed E-state index contributed by atoms with van der Waals surface area (Å²) in [6.07, 6.45) is 1.38. The number of hydrogen-bond acceptors (Lipinski definition) is 3. The fourth-order valence-electron chi connectivity index (χ4n) is 0.864. The molecule has 1 amide bonds. The molecule has 0 aliphatic carbocycles. The number of hydrogen-bond donors (Lipinski definition) is 2. The zero-order chi connectivity index (χ0) is 9.14. The smallest absolute Gasteiger partial charge is 0.264 e. The maximum absolute atomic E-state index is 11.0. The van der Waals surface area contributed by atoms with Crippen molar-refractivity contribution in [3.63, 3.8) is 0 Å². The Bertz CT molecular complexity index is 361. The summed E-state index contributed by atoms with van der Waals surface area (Å²) in [5.41, 5.74) is 4.26. The predicted molar refractivity (Wildman–Crippen MR) is 49.4 cm³/mol. The molecular weight excluding hydrogens is 196 g/mol. The highest BCUT2D eigenvalue weighted by Crippen LogP contribution is 2.10. The van der Waals surface area contributed by atoms with E-state index in [-0.39, 0.29) is 23.7 Å². The second kappa shape index (κ2) is 4.51. The van der Waals surface area contributed by atoms with Gasteiger partial charge in [-0.25, -0.2) is 0 Å². The number of aromatic nitrogens is 1. The van der Waals surface area contributed by atoms with Gasteiger partial charge in [-0.05, 0) is 6.07 Å². The van der Waals surface area contributed by atoms with Crippen molar-refractivity contribution < 1.29 is 9.53 Å². The van der Waals surface area contributed by atoms with Crippen LogP contribution in [-0.2, 0) is 0 Å². The molecule has 0 bridgehead atoms. The number of methoxy groups -OCH3 is 1. The first-order valence-corrected chi connectivity index (χ1v) is 3.22. The Kier molecular flexibility index (Phi) is 4.00. The van der Waals surface area contributed by atoms with Gasteiger partial charge < -0.3 is 15.5 Å². The number of carbonyl (C=O) groups excluding carboxylic acids is 1. The molecule has 6 heteroatoms. The van der Waals surface area contributed by atoms with Crippen LogP contribution in [0.1, 0.15) is 10.4 Å². The topological polar surface area (TPSA) is 85.2 Å². The molecule has 1 rings (SSSR count). The van der Waals surface area contributed by atoms with E-state index in [1.165, 1.54) is 19.4 Å². The highest BCUT2D eigenvalue weighted by molar-refractivity contribution is 5.95. The third-order valence-electron chi connectivity index (χ3n) is 1.39. The number of rotatable bonds is 2. The average molecular weight is 205 g/mol. The molecule has 1 aromatic heterocycles. The predicted octanol–water partition coefficient (Wildman–Crippen LogP) is -0.0958. The van der Waals surface area contributed by atoms with Gasteiger partial charge in [-0.1, -0.05) is 0 Å². The van der Waals surface area contributed by atoms with Crippen molar-refractivity contribution in [3.8, 4) is 5.75 Å². The largest absolute Gasteiger partial charge is 0.496 e. The average Bonchev–Trinajstić information content (AvgIpc) is 2.03.